The molecule has 1 aliphatic rings. The van der Waals surface area contributed by atoms with E-state index in [-0.39, 0.29) is 18.6 Å². The van der Waals surface area contributed by atoms with Crippen LogP contribution in [-0.2, 0) is 0 Å². The maximum atomic E-state index is 9.90. The molecule has 1 fully saturated rings. The lowest BCUT2D eigenvalue weighted by molar-refractivity contribution is -0.0452. The van der Waals surface area contributed by atoms with Gasteiger partial charge in [-0.1, -0.05) is 20.8 Å². The summed E-state index contributed by atoms with van der Waals surface area (Å²) in [5.41, 5.74) is 0. The summed E-state index contributed by atoms with van der Waals surface area (Å²) in [6.07, 6.45) is 1.95. The van der Waals surface area contributed by atoms with Crippen molar-refractivity contribution in [2.75, 3.05) is 6.61 Å². The van der Waals surface area contributed by atoms with E-state index in [4.69, 9.17) is 0 Å². The summed E-state index contributed by atoms with van der Waals surface area (Å²) >= 11 is 0. The molecule has 2 N–H and O–H groups in total. The van der Waals surface area contributed by atoms with E-state index in [1.807, 2.05) is 0 Å². The van der Waals surface area contributed by atoms with Crippen molar-refractivity contribution >= 4 is 0 Å². The van der Waals surface area contributed by atoms with E-state index >= 15 is 0 Å². The van der Waals surface area contributed by atoms with Crippen molar-refractivity contribution < 1.29 is 10.2 Å². The molecule has 4 unspecified atom stereocenters. The third-order valence-electron chi connectivity index (χ3n) is 3.59. The van der Waals surface area contributed by atoms with Gasteiger partial charge in [-0.2, -0.15) is 0 Å². The zero-order chi connectivity index (χ0) is 10.0. The van der Waals surface area contributed by atoms with Gasteiger partial charge < -0.3 is 10.2 Å². The van der Waals surface area contributed by atoms with Crippen molar-refractivity contribution in [3.63, 3.8) is 0 Å². The molecule has 0 aromatic carbocycles. The van der Waals surface area contributed by atoms with Crippen LogP contribution < -0.4 is 0 Å². The molecule has 0 aromatic rings. The molecular weight excluding hydrogens is 164 g/mol. The number of hydrogen-bond acceptors (Lipinski definition) is 2. The van der Waals surface area contributed by atoms with E-state index in [0.29, 0.717) is 17.8 Å². The van der Waals surface area contributed by atoms with Crippen LogP contribution in [0.4, 0.5) is 0 Å². The smallest absolute Gasteiger partial charge is 0.0618 e. The fourth-order valence-electron chi connectivity index (χ4n) is 2.59. The molecule has 1 aliphatic carbocycles. The van der Waals surface area contributed by atoms with Gasteiger partial charge in [-0.15, -0.1) is 0 Å². The van der Waals surface area contributed by atoms with Crippen LogP contribution in [0.1, 0.15) is 33.6 Å². The van der Waals surface area contributed by atoms with E-state index in [1.165, 1.54) is 0 Å². The van der Waals surface area contributed by atoms with Crippen molar-refractivity contribution in [1.29, 1.82) is 0 Å². The van der Waals surface area contributed by atoms with Crippen LogP contribution in [-0.4, -0.2) is 22.9 Å². The van der Waals surface area contributed by atoms with Gasteiger partial charge in [0.1, 0.15) is 0 Å². The summed E-state index contributed by atoms with van der Waals surface area (Å²) in [6, 6.07) is 0. The molecule has 2 heteroatoms. The Morgan fingerprint density at radius 3 is 2.38 bits per heavy atom. The fourth-order valence-corrected chi connectivity index (χ4v) is 2.59. The highest BCUT2D eigenvalue weighted by Crippen LogP contribution is 2.37. The first-order chi connectivity index (χ1) is 6.07. The van der Waals surface area contributed by atoms with Crippen molar-refractivity contribution in [2.24, 2.45) is 23.7 Å². The van der Waals surface area contributed by atoms with Gasteiger partial charge in [0.25, 0.3) is 0 Å². The standard InChI is InChI=1S/C11H22O2/c1-7(2)9-5-4-8(3)11(13)10(9)6-12/h7-13H,4-6H2,1-3H3. The Morgan fingerprint density at radius 2 is 1.92 bits per heavy atom. The number of hydrogen-bond donors (Lipinski definition) is 2. The first kappa shape index (κ1) is 11.0. The van der Waals surface area contributed by atoms with Crippen LogP contribution >= 0.6 is 0 Å². The Balaban J connectivity index is 2.66. The highest BCUT2D eigenvalue weighted by molar-refractivity contribution is 4.86. The molecule has 0 aromatic heterocycles. The van der Waals surface area contributed by atoms with Crippen molar-refractivity contribution in [2.45, 2.75) is 39.7 Å². The van der Waals surface area contributed by atoms with Gasteiger partial charge in [0.05, 0.1) is 6.10 Å². The van der Waals surface area contributed by atoms with Crippen LogP contribution in [0.15, 0.2) is 0 Å². The second-order valence-corrected chi connectivity index (χ2v) is 4.80. The molecule has 0 bridgehead atoms. The number of rotatable bonds is 2. The quantitative estimate of drug-likeness (QED) is 0.688. The van der Waals surface area contributed by atoms with Gasteiger partial charge in [-0.25, -0.2) is 0 Å². The fraction of sp³-hybridized carbons (Fsp3) is 1.00. The molecular formula is C11H22O2. The highest BCUT2D eigenvalue weighted by Gasteiger charge is 2.36. The minimum Gasteiger partial charge on any atom is -0.396 e. The predicted molar refractivity (Wildman–Crippen MR) is 53.3 cm³/mol. The minimum atomic E-state index is -0.300. The Kier molecular flexibility index (Phi) is 3.74. The topological polar surface area (TPSA) is 40.5 Å². The normalized spacial score (nSPS) is 41.1. The number of aliphatic hydroxyl groups is 2. The van der Waals surface area contributed by atoms with E-state index in [2.05, 4.69) is 20.8 Å². The summed E-state index contributed by atoms with van der Waals surface area (Å²) < 4.78 is 0. The van der Waals surface area contributed by atoms with E-state index in [1.54, 1.807) is 0 Å². The molecule has 2 nitrogen and oxygen atoms in total. The molecule has 1 rings (SSSR count). The van der Waals surface area contributed by atoms with Gasteiger partial charge in [0.15, 0.2) is 0 Å². The number of aliphatic hydroxyl groups excluding tert-OH is 2. The molecule has 0 spiro atoms. The molecule has 4 atom stereocenters. The second-order valence-electron chi connectivity index (χ2n) is 4.80. The Bertz CT molecular complexity index is 156. The maximum Gasteiger partial charge on any atom is 0.0618 e. The van der Waals surface area contributed by atoms with Crippen LogP contribution in [0, 0.1) is 23.7 Å². The average molecular weight is 186 g/mol. The lowest BCUT2D eigenvalue weighted by Crippen LogP contribution is -2.41. The van der Waals surface area contributed by atoms with Gasteiger partial charge in [0, 0.05) is 12.5 Å². The average Bonchev–Trinajstić information content (AvgIpc) is 2.09. The van der Waals surface area contributed by atoms with Crippen LogP contribution in [0.25, 0.3) is 0 Å². The van der Waals surface area contributed by atoms with Gasteiger partial charge in [0.2, 0.25) is 0 Å². The van der Waals surface area contributed by atoms with Gasteiger partial charge >= 0.3 is 0 Å². The van der Waals surface area contributed by atoms with Gasteiger partial charge in [-0.05, 0) is 30.6 Å². The molecule has 1 saturated carbocycles. The van der Waals surface area contributed by atoms with Crippen molar-refractivity contribution in [1.82, 2.24) is 0 Å². The third-order valence-corrected chi connectivity index (χ3v) is 3.59. The summed E-state index contributed by atoms with van der Waals surface area (Å²) in [5, 5.41) is 19.1. The summed E-state index contributed by atoms with van der Waals surface area (Å²) in [6.45, 7) is 6.56. The van der Waals surface area contributed by atoms with Crippen LogP contribution in [0.5, 0.6) is 0 Å². The van der Waals surface area contributed by atoms with Crippen LogP contribution in [0.3, 0.4) is 0 Å². The molecule has 13 heavy (non-hydrogen) atoms. The van der Waals surface area contributed by atoms with Gasteiger partial charge in [-0.3, -0.25) is 0 Å². The summed E-state index contributed by atoms with van der Waals surface area (Å²) in [4.78, 5) is 0. The van der Waals surface area contributed by atoms with E-state index in [0.717, 1.165) is 12.8 Å². The Morgan fingerprint density at radius 1 is 1.31 bits per heavy atom. The predicted octanol–water partition coefficient (Wildman–Crippen LogP) is 1.66. The zero-order valence-electron chi connectivity index (χ0n) is 8.90. The zero-order valence-corrected chi connectivity index (χ0v) is 8.90. The summed E-state index contributed by atoms with van der Waals surface area (Å²) in [5.74, 6) is 1.52. The lowest BCUT2D eigenvalue weighted by Gasteiger charge is -2.40. The Hall–Kier alpha value is -0.0800. The minimum absolute atomic E-state index is 0.101. The van der Waals surface area contributed by atoms with E-state index < -0.39 is 0 Å². The molecule has 0 saturated heterocycles. The monoisotopic (exact) mass is 186 g/mol. The Labute approximate surface area is 81.0 Å². The molecule has 0 aliphatic heterocycles. The van der Waals surface area contributed by atoms with Crippen molar-refractivity contribution in [3.05, 3.63) is 0 Å². The second kappa shape index (κ2) is 4.43. The molecule has 78 valence electrons. The molecule has 0 amide bonds. The molecule has 0 radical (unpaired) electrons. The SMILES string of the molecule is CC(C)C1CCC(C)C(O)C1CO. The lowest BCUT2D eigenvalue weighted by atomic mass is 9.69. The van der Waals surface area contributed by atoms with Crippen LogP contribution in [0.2, 0.25) is 0 Å². The molecule has 0 heterocycles. The first-order valence-corrected chi connectivity index (χ1v) is 5.36. The maximum absolute atomic E-state index is 9.90. The largest absolute Gasteiger partial charge is 0.396 e. The highest BCUT2D eigenvalue weighted by atomic mass is 16.3. The van der Waals surface area contributed by atoms with Crippen molar-refractivity contribution in [3.8, 4) is 0 Å². The summed E-state index contributed by atoms with van der Waals surface area (Å²) in [7, 11) is 0. The third kappa shape index (κ3) is 2.23. The van der Waals surface area contributed by atoms with E-state index in [9.17, 15) is 10.2 Å². The first-order valence-electron chi connectivity index (χ1n) is 5.36.